The third-order valence-electron chi connectivity index (χ3n) is 6.31. The molecule has 0 atom stereocenters. The minimum absolute atomic E-state index is 0.609. The maximum Gasteiger partial charge on any atom is 0.0332 e. The number of benzene rings is 6. The highest BCUT2D eigenvalue weighted by Crippen LogP contribution is 2.42. The quantitative estimate of drug-likeness (QED) is 0.163. The largest absolute Gasteiger partial charge is 0.0622 e. The molecule has 0 N–H and O–H groups in total. The van der Waals surface area contributed by atoms with Gasteiger partial charge in [0.1, 0.15) is 0 Å². The first kappa shape index (κ1) is 21.3. The molecule has 6 rings (SSSR count). The molecule has 0 nitrogen and oxygen atoms in total. The average molecular weight is 517 g/mol. The van der Waals surface area contributed by atoms with E-state index in [1.807, 2.05) is 0 Å². The molecule has 0 aliphatic heterocycles. The topological polar surface area (TPSA) is 0 Å². The average Bonchev–Trinajstić information content (AvgIpc) is 2.91. The van der Waals surface area contributed by atoms with Gasteiger partial charge in [-0.05, 0) is 72.4 Å². The molecule has 0 radical (unpaired) electrons. The maximum absolute atomic E-state index is 3.87. The molecule has 6 aromatic carbocycles. The molecule has 0 aromatic heterocycles. The van der Waals surface area contributed by atoms with Gasteiger partial charge in [-0.1, -0.05) is 133 Å². The third kappa shape index (κ3) is 3.76. The summed E-state index contributed by atoms with van der Waals surface area (Å²) in [6.07, 6.45) is 0. The van der Waals surface area contributed by atoms with E-state index in [4.69, 9.17) is 0 Å². The SMILES string of the molecule is Brc1c2ccccc2c(-c2ccc(P(c3ccccc3)c3ccccc3)cc2)c2ccccc12. The highest BCUT2D eigenvalue weighted by molar-refractivity contribution is 9.10. The zero-order valence-electron chi connectivity index (χ0n) is 18.5. The standard InChI is InChI=1S/C32H22BrP/c33-32-29-17-9-7-15-27(29)31(28-16-8-10-18-30(28)32)23-19-21-26(22-20-23)34(24-11-3-1-4-12-24)25-13-5-2-6-14-25/h1-22H. The molecule has 0 aliphatic carbocycles. The van der Waals surface area contributed by atoms with E-state index < -0.39 is 7.92 Å². The van der Waals surface area contributed by atoms with Gasteiger partial charge in [0.05, 0.1) is 0 Å². The Labute approximate surface area is 209 Å². The first-order valence-corrected chi connectivity index (χ1v) is 13.5. The Bertz CT molecular complexity index is 1490. The molecule has 2 heteroatoms. The van der Waals surface area contributed by atoms with Crippen molar-refractivity contribution in [2.45, 2.75) is 0 Å². The molecule has 34 heavy (non-hydrogen) atoms. The monoisotopic (exact) mass is 516 g/mol. The van der Waals surface area contributed by atoms with E-state index in [0.29, 0.717) is 0 Å². The number of halogens is 1. The van der Waals surface area contributed by atoms with Gasteiger partial charge in [0.15, 0.2) is 0 Å². The molecule has 0 aliphatic rings. The number of hydrogen-bond acceptors (Lipinski definition) is 0. The zero-order chi connectivity index (χ0) is 22.9. The zero-order valence-corrected chi connectivity index (χ0v) is 21.0. The first-order chi connectivity index (χ1) is 16.8. The summed E-state index contributed by atoms with van der Waals surface area (Å²) < 4.78 is 1.16. The van der Waals surface area contributed by atoms with Gasteiger partial charge in [0, 0.05) is 4.47 Å². The molecule has 0 heterocycles. The first-order valence-electron chi connectivity index (χ1n) is 11.4. The lowest BCUT2D eigenvalue weighted by atomic mass is 9.92. The predicted molar refractivity (Wildman–Crippen MR) is 153 cm³/mol. The van der Waals surface area contributed by atoms with Crippen LogP contribution in [0.5, 0.6) is 0 Å². The normalized spacial score (nSPS) is 11.4. The van der Waals surface area contributed by atoms with E-state index in [0.717, 1.165) is 4.47 Å². The van der Waals surface area contributed by atoms with Crippen molar-refractivity contribution >= 4 is 61.3 Å². The second kappa shape index (κ2) is 9.18. The van der Waals surface area contributed by atoms with Crippen molar-refractivity contribution in [1.29, 1.82) is 0 Å². The van der Waals surface area contributed by atoms with Gasteiger partial charge in [0.2, 0.25) is 0 Å². The molecule has 0 saturated carbocycles. The minimum Gasteiger partial charge on any atom is -0.0622 e. The van der Waals surface area contributed by atoms with Crippen molar-refractivity contribution in [3.8, 4) is 11.1 Å². The number of rotatable bonds is 4. The summed E-state index contributed by atoms with van der Waals surface area (Å²) in [7, 11) is -0.609. The second-order valence-corrected chi connectivity index (χ2v) is 11.3. The van der Waals surface area contributed by atoms with Crippen LogP contribution in [-0.4, -0.2) is 0 Å². The molecule has 0 spiro atoms. The van der Waals surface area contributed by atoms with Crippen LogP contribution in [0.15, 0.2) is 138 Å². The molecular formula is C32H22BrP. The molecular weight excluding hydrogens is 495 g/mol. The fraction of sp³-hybridized carbons (Fsp3) is 0. The van der Waals surface area contributed by atoms with E-state index in [1.54, 1.807) is 0 Å². The summed E-state index contributed by atoms with van der Waals surface area (Å²) in [5, 5.41) is 9.14. The van der Waals surface area contributed by atoms with Gasteiger partial charge in [-0.25, -0.2) is 0 Å². The van der Waals surface area contributed by atoms with Crippen LogP contribution in [0.25, 0.3) is 32.7 Å². The summed E-state index contributed by atoms with van der Waals surface area (Å²) in [4.78, 5) is 0. The van der Waals surface area contributed by atoms with Crippen molar-refractivity contribution in [2.24, 2.45) is 0 Å². The Balaban J connectivity index is 1.54. The maximum atomic E-state index is 3.87. The molecule has 162 valence electrons. The number of hydrogen-bond donors (Lipinski definition) is 0. The van der Waals surface area contributed by atoms with Crippen LogP contribution in [-0.2, 0) is 0 Å². The Morgan fingerprint density at radius 3 is 1.24 bits per heavy atom. The van der Waals surface area contributed by atoms with Gasteiger partial charge in [-0.3, -0.25) is 0 Å². The summed E-state index contributed by atoms with van der Waals surface area (Å²) >= 11 is 3.87. The van der Waals surface area contributed by atoms with Gasteiger partial charge in [0.25, 0.3) is 0 Å². The molecule has 0 unspecified atom stereocenters. The van der Waals surface area contributed by atoms with Crippen LogP contribution >= 0.6 is 23.9 Å². The fourth-order valence-corrected chi connectivity index (χ4v) is 7.74. The van der Waals surface area contributed by atoms with Crippen molar-refractivity contribution in [3.63, 3.8) is 0 Å². The van der Waals surface area contributed by atoms with Crippen molar-refractivity contribution in [3.05, 3.63) is 138 Å². The third-order valence-corrected chi connectivity index (χ3v) is 9.61. The lowest BCUT2D eigenvalue weighted by Gasteiger charge is -2.20. The summed E-state index contributed by atoms with van der Waals surface area (Å²) in [6, 6.07) is 48.4. The van der Waals surface area contributed by atoms with Crippen LogP contribution in [0.2, 0.25) is 0 Å². The van der Waals surface area contributed by atoms with E-state index in [1.165, 1.54) is 48.6 Å². The molecule has 0 saturated heterocycles. The molecule has 6 aromatic rings. The van der Waals surface area contributed by atoms with E-state index in [-0.39, 0.29) is 0 Å². The Hall–Kier alpha value is -3.25. The molecule has 0 bridgehead atoms. The predicted octanol–water partition coefficient (Wildman–Crippen LogP) is 8.18. The van der Waals surface area contributed by atoms with E-state index in [2.05, 4.69) is 149 Å². The van der Waals surface area contributed by atoms with Crippen LogP contribution in [0.1, 0.15) is 0 Å². The highest BCUT2D eigenvalue weighted by Gasteiger charge is 2.18. The minimum atomic E-state index is -0.609. The fourth-order valence-electron chi connectivity index (χ4n) is 4.76. The summed E-state index contributed by atoms with van der Waals surface area (Å²) in [5.41, 5.74) is 2.55. The Morgan fingerprint density at radius 2 is 0.765 bits per heavy atom. The van der Waals surface area contributed by atoms with Gasteiger partial charge < -0.3 is 0 Å². The van der Waals surface area contributed by atoms with E-state index >= 15 is 0 Å². The number of fused-ring (bicyclic) bond motifs is 2. The Morgan fingerprint density at radius 1 is 0.382 bits per heavy atom. The van der Waals surface area contributed by atoms with E-state index in [9.17, 15) is 0 Å². The van der Waals surface area contributed by atoms with Crippen LogP contribution in [0.4, 0.5) is 0 Å². The van der Waals surface area contributed by atoms with Crippen LogP contribution in [0, 0.1) is 0 Å². The second-order valence-electron chi connectivity index (χ2n) is 8.33. The lowest BCUT2D eigenvalue weighted by Crippen LogP contribution is -2.20. The lowest BCUT2D eigenvalue weighted by molar-refractivity contribution is 1.68. The van der Waals surface area contributed by atoms with Gasteiger partial charge >= 0.3 is 0 Å². The van der Waals surface area contributed by atoms with Crippen molar-refractivity contribution in [1.82, 2.24) is 0 Å². The summed E-state index contributed by atoms with van der Waals surface area (Å²) in [5.74, 6) is 0. The van der Waals surface area contributed by atoms with Crippen molar-refractivity contribution < 1.29 is 0 Å². The highest BCUT2D eigenvalue weighted by atomic mass is 79.9. The summed E-state index contributed by atoms with van der Waals surface area (Å²) in [6.45, 7) is 0. The Kier molecular flexibility index (Phi) is 5.75. The molecule has 0 amide bonds. The van der Waals surface area contributed by atoms with Crippen molar-refractivity contribution in [2.75, 3.05) is 0 Å². The van der Waals surface area contributed by atoms with Gasteiger partial charge in [-0.15, -0.1) is 0 Å². The van der Waals surface area contributed by atoms with Crippen LogP contribution in [0.3, 0.4) is 0 Å². The van der Waals surface area contributed by atoms with Crippen LogP contribution < -0.4 is 15.9 Å². The smallest absolute Gasteiger partial charge is 0.0332 e. The molecule has 0 fully saturated rings. The van der Waals surface area contributed by atoms with Gasteiger partial charge in [-0.2, -0.15) is 0 Å².